The topological polar surface area (TPSA) is 6.48 Å². The van der Waals surface area contributed by atoms with E-state index in [1.807, 2.05) is 0 Å². The third-order valence-electron chi connectivity index (χ3n) is 3.07. The highest BCUT2D eigenvalue weighted by molar-refractivity contribution is 4.91. The van der Waals surface area contributed by atoms with Crippen LogP contribution >= 0.6 is 0 Å². The first-order chi connectivity index (χ1) is 5.27. The molecule has 2 fully saturated rings. The van der Waals surface area contributed by atoms with Crippen molar-refractivity contribution in [3.8, 4) is 0 Å². The van der Waals surface area contributed by atoms with E-state index in [1.54, 1.807) is 0 Å². The van der Waals surface area contributed by atoms with E-state index >= 15 is 0 Å². The molecule has 0 amide bonds. The molecule has 1 saturated heterocycles. The molecule has 0 aromatic heterocycles. The van der Waals surface area contributed by atoms with Crippen molar-refractivity contribution in [3.05, 3.63) is 0 Å². The smallest absolute Gasteiger partial charge is 0.0248 e. The van der Waals surface area contributed by atoms with Gasteiger partial charge in [0.25, 0.3) is 0 Å². The summed E-state index contributed by atoms with van der Waals surface area (Å²) in [6.07, 6.45) is 2.95. The van der Waals surface area contributed by atoms with Crippen LogP contribution in [0.3, 0.4) is 0 Å². The molecule has 0 aromatic rings. The lowest BCUT2D eigenvalue weighted by Crippen LogP contribution is -2.50. The summed E-state index contributed by atoms with van der Waals surface area (Å²) in [5.74, 6) is 1.03. The predicted octanol–water partition coefficient (Wildman–Crippen LogP) is 0.642. The first-order valence-electron chi connectivity index (χ1n) is 4.66. The molecule has 1 saturated carbocycles. The van der Waals surface area contributed by atoms with Gasteiger partial charge in [0.15, 0.2) is 0 Å². The van der Waals surface area contributed by atoms with Crippen LogP contribution in [0.2, 0.25) is 0 Å². The Morgan fingerprint density at radius 2 is 1.82 bits per heavy atom. The summed E-state index contributed by atoms with van der Waals surface area (Å²) in [7, 11) is 4.51. The molecule has 0 aromatic carbocycles. The average molecular weight is 154 g/mol. The fraction of sp³-hybridized carbons (Fsp3) is 1.00. The quantitative estimate of drug-likeness (QED) is 0.547. The van der Waals surface area contributed by atoms with Gasteiger partial charge in [-0.15, -0.1) is 0 Å². The van der Waals surface area contributed by atoms with E-state index in [0.717, 1.165) is 12.0 Å². The second-order valence-electron chi connectivity index (χ2n) is 4.15. The molecule has 1 aliphatic carbocycles. The van der Waals surface area contributed by atoms with Gasteiger partial charge in [-0.25, -0.2) is 0 Å². The minimum atomic E-state index is 0.869. The van der Waals surface area contributed by atoms with Crippen LogP contribution in [0.5, 0.6) is 0 Å². The number of hydrogen-bond acceptors (Lipinski definition) is 2. The van der Waals surface area contributed by atoms with Crippen LogP contribution in [0.4, 0.5) is 0 Å². The lowest BCUT2D eigenvalue weighted by atomic mass is 10.1. The number of piperazine rings is 1. The van der Waals surface area contributed by atoms with Gasteiger partial charge in [0.1, 0.15) is 0 Å². The van der Waals surface area contributed by atoms with Gasteiger partial charge in [-0.2, -0.15) is 0 Å². The molecule has 64 valence electrons. The SMILES string of the molecule is CN1CCN(C)C(C2CC2)C1. The van der Waals surface area contributed by atoms with Crippen LogP contribution in [-0.4, -0.2) is 49.6 Å². The summed E-state index contributed by atoms with van der Waals surface area (Å²) in [4.78, 5) is 5.00. The van der Waals surface area contributed by atoms with Gasteiger partial charge in [-0.1, -0.05) is 0 Å². The molecular weight excluding hydrogens is 136 g/mol. The molecule has 0 bridgehead atoms. The van der Waals surface area contributed by atoms with Crippen LogP contribution < -0.4 is 0 Å². The van der Waals surface area contributed by atoms with E-state index in [9.17, 15) is 0 Å². The third-order valence-corrected chi connectivity index (χ3v) is 3.07. The van der Waals surface area contributed by atoms with Crippen molar-refractivity contribution in [3.63, 3.8) is 0 Å². The van der Waals surface area contributed by atoms with Gasteiger partial charge in [-0.05, 0) is 32.9 Å². The Morgan fingerprint density at radius 1 is 1.09 bits per heavy atom. The molecule has 2 aliphatic rings. The Morgan fingerprint density at radius 3 is 2.45 bits per heavy atom. The highest BCUT2D eigenvalue weighted by Crippen LogP contribution is 2.36. The zero-order valence-electron chi connectivity index (χ0n) is 7.58. The van der Waals surface area contributed by atoms with E-state index in [0.29, 0.717) is 0 Å². The minimum Gasteiger partial charge on any atom is -0.304 e. The maximum atomic E-state index is 2.54. The molecule has 0 radical (unpaired) electrons. The van der Waals surface area contributed by atoms with Gasteiger partial charge < -0.3 is 9.80 Å². The van der Waals surface area contributed by atoms with Crippen molar-refractivity contribution >= 4 is 0 Å². The normalized spacial score (nSPS) is 36.0. The van der Waals surface area contributed by atoms with Crippen molar-refractivity contribution in [2.24, 2.45) is 5.92 Å². The summed E-state index contributed by atoms with van der Waals surface area (Å²) >= 11 is 0. The summed E-state index contributed by atoms with van der Waals surface area (Å²) in [6, 6.07) is 0.869. The molecule has 1 heterocycles. The monoisotopic (exact) mass is 154 g/mol. The van der Waals surface area contributed by atoms with Gasteiger partial charge >= 0.3 is 0 Å². The van der Waals surface area contributed by atoms with E-state index < -0.39 is 0 Å². The maximum absolute atomic E-state index is 2.54. The fourth-order valence-electron chi connectivity index (χ4n) is 2.03. The Kier molecular flexibility index (Phi) is 1.90. The standard InChI is InChI=1S/C9H18N2/c1-10-5-6-11(2)9(7-10)8-3-4-8/h8-9H,3-7H2,1-2H3. The second kappa shape index (κ2) is 2.76. The lowest BCUT2D eigenvalue weighted by Gasteiger charge is -2.37. The molecule has 0 spiro atoms. The first kappa shape index (κ1) is 7.56. The Balaban J connectivity index is 1.93. The molecule has 1 atom stereocenters. The molecule has 11 heavy (non-hydrogen) atoms. The highest BCUT2D eigenvalue weighted by Gasteiger charge is 2.36. The van der Waals surface area contributed by atoms with Gasteiger partial charge in [-0.3, -0.25) is 0 Å². The van der Waals surface area contributed by atoms with Crippen LogP contribution in [-0.2, 0) is 0 Å². The minimum absolute atomic E-state index is 0.869. The number of rotatable bonds is 1. The summed E-state index contributed by atoms with van der Waals surface area (Å²) < 4.78 is 0. The third kappa shape index (κ3) is 1.57. The van der Waals surface area contributed by atoms with E-state index in [1.165, 1.54) is 32.5 Å². The van der Waals surface area contributed by atoms with Gasteiger partial charge in [0.05, 0.1) is 0 Å². The molecule has 0 N–H and O–H groups in total. The summed E-state index contributed by atoms with van der Waals surface area (Å²) in [5.41, 5.74) is 0. The predicted molar refractivity (Wildman–Crippen MR) is 46.6 cm³/mol. The Labute approximate surface area is 69.2 Å². The molecule has 2 nitrogen and oxygen atoms in total. The van der Waals surface area contributed by atoms with Crippen molar-refractivity contribution in [1.82, 2.24) is 9.80 Å². The van der Waals surface area contributed by atoms with Gasteiger partial charge in [0.2, 0.25) is 0 Å². The molecular formula is C9H18N2. The Hall–Kier alpha value is -0.0800. The van der Waals surface area contributed by atoms with Gasteiger partial charge in [0, 0.05) is 25.7 Å². The van der Waals surface area contributed by atoms with Crippen molar-refractivity contribution in [2.75, 3.05) is 33.7 Å². The van der Waals surface area contributed by atoms with Crippen LogP contribution in [0.1, 0.15) is 12.8 Å². The number of likely N-dealkylation sites (N-methyl/N-ethyl adjacent to an activating group) is 2. The summed E-state index contributed by atoms with van der Waals surface area (Å²) in [6.45, 7) is 3.80. The first-order valence-corrected chi connectivity index (χ1v) is 4.66. The molecule has 1 unspecified atom stereocenters. The second-order valence-corrected chi connectivity index (χ2v) is 4.15. The summed E-state index contributed by atoms with van der Waals surface area (Å²) in [5, 5.41) is 0. The van der Waals surface area contributed by atoms with Crippen molar-refractivity contribution < 1.29 is 0 Å². The number of hydrogen-bond donors (Lipinski definition) is 0. The lowest BCUT2D eigenvalue weighted by molar-refractivity contribution is 0.101. The molecule has 1 aliphatic heterocycles. The van der Waals surface area contributed by atoms with E-state index in [-0.39, 0.29) is 0 Å². The van der Waals surface area contributed by atoms with E-state index in [2.05, 4.69) is 23.9 Å². The fourth-order valence-corrected chi connectivity index (χ4v) is 2.03. The Bertz CT molecular complexity index is 142. The molecule has 2 rings (SSSR count). The highest BCUT2D eigenvalue weighted by atomic mass is 15.3. The maximum Gasteiger partial charge on any atom is 0.0248 e. The van der Waals surface area contributed by atoms with Crippen molar-refractivity contribution in [1.29, 1.82) is 0 Å². The van der Waals surface area contributed by atoms with Crippen LogP contribution in [0, 0.1) is 5.92 Å². The zero-order valence-corrected chi connectivity index (χ0v) is 7.58. The van der Waals surface area contributed by atoms with E-state index in [4.69, 9.17) is 0 Å². The largest absolute Gasteiger partial charge is 0.304 e. The zero-order chi connectivity index (χ0) is 7.84. The number of nitrogens with zero attached hydrogens (tertiary/aromatic N) is 2. The van der Waals surface area contributed by atoms with Crippen LogP contribution in [0.15, 0.2) is 0 Å². The van der Waals surface area contributed by atoms with Crippen molar-refractivity contribution in [2.45, 2.75) is 18.9 Å². The van der Waals surface area contributed by atoms with Crippen LogP contribution in [0.25, 0.3) is 0 Å². The molecule has 2 heteroatoms. The average Bonchev–Trinajstić information content (AvgIpc) is 2.76.